The van der Waals surface area contributed by atoms with Crippen molar-refractivity contribution in [2.45, 2.75) is 46.5 Å². The van der Waals surface area contributed by atoms with E-state index >= 15 is 0 Å². The zero-order valence-corrected chi connectivity index (χ0v) is 23.8. The lowest BCUT2D eigenvalue weighted by atomic mass is 9.99. The average molecular weight is 554 g/mol. The smallest absolute Gasteiger partial charge is 0.266 e. The molecule has 194 valence electrons. The monoisotopic (exact) mass is 553 g/mol. The Morgan fingerprint density at radius 2 is 1.95 bits per heavy atom. The Morgan fingerprint density at radius 3 is 2.62 bits per heavy atom. The van der Waals surface area contributed by atoms with Crippen LogP contribution < -0.4 is 4.74 Å². The van der Waals surface area contributed by atoms with Crippen molar-refractivity contribution in [3.63, 3.8) is 0 Å². The van der Waals surface area contributed by atoms with Crippen LogP contribution in [0.2, 0.25) is 5.02 Å². The van der Waals surface area contributed by atoms with E-state index in [2.05, 4.69) is 13.8 Å². The summed E-state index contributed by atoms with van der Waals surface area (Å²) in [7, 11) is 0. The molecular formula is C29H32ClN3O2S2. The molecule has 1 saturated heterocycles. The van der Waals surface area contributed by atoms with Gasteiger partial charge in [0.15, 0.2) is 0 Å². The summed E-state index contributed by atoms with van der Waals surface area (Å²) < 4.78 is 8.05. The molecule has 3 aromatic rings. The highest BCUT2D eigenvalue weighted by atomic mass is 35.5. The summed E-state index contributed by atoms with van der Waals surface area (Å²) in [6, 6.07) is 15.5. The van der Waals surface area contributed by atoms with Crippen LogP contribution in [0.1, 0.15) is 52.0 Å². The number of hydrogen-bond donors (Lipinski definition) is 0. The molecule has 0 N–H and O–H groups in total. The van der Waals surface area contributed by atoms with Crippen molar-refractivity contribution in [1.29, 1.82) is 0 Å². The Bertz CT molecular complexity index is 1290. The van der Waals surface area contributed by atoms with E-state index in [9.17, 15) is 4.79 Å². The van der Waals surface area contributed by atoms with Crippen molar-refractivity contribution < 1.29 is 9.53 Å². The quantitative estimate of drug-likeness (QED) is 0.178. The van der Waals surface area contributed by atoms with Crippen LogP contribution in [0.25, 0.3) is 23.0 Å². The predicted molar refractivity (Wildman–Crippen MR) is 158 cm³/mol. The van der Waals surface area contributed by atoms with Gasteiger partial charge in [-0.2, -0.15) is 5.10 Å². The van der Waals surface area contributed by atoms with Gasteiger partial charge in [-0.05, 0) is 55.7 Å². The molecule has 2 heterocycles. The second-order valence-corrected chi connectivity index (χ2v) is 11.1. The van der Waals surface area contributed by atoms with Crippen LogP contribution in [0, 0.1) is 5.92 Å². The van der Waals surface area contributed by atoms with E-state index in [4.69, 9.17) is 33.7 Å². The number of aromatic nitrogens is 2. The van der Waals surface area contributed by atoms with Crippen LogP contribution in [0.15, 0.2) is 59.6 Å². The molecule has 1 amide bonds. The minimum absolute atomic E-state index is 0.0342. The third-order valence-electron chi connectivity index (χ3n) is 6.41. The topological polar surface area (TPSA) is 47.4 Å². The first-order valence-electron chi connectivity index (χ1n) is 12.8. The van der Waals surface area contributed by atoms with Gasteiger partial charge in [0, 0.05) is 23.9 Å². The Balaban J connectivity index is 1.70. The Morgan fingerprint density at radius 1 is 1.16 bits per heavy atom. The van der Waals surface area contributed by atoms with Crippen LogP contribution in [-0.4, -0.2) is 38.1 Å². The standard InChI is InChI=1S/C29H32ClN3O2S2/c1-4-7-11-20(5-2)18-32-28(34)26(37-29(32)36)17-22-19-33(23-12-9-8-10-13-23)31-27(22)21-14-15-25(35-6-3)24(30)16-21/h8-10,12-17,19-20H,4-7,11,18H2,1-3H3/b26-17-. The molecule has 4 rings (SSSR count). The number of hydrogen-bond acceptors (Lipinski definition) is 5. The summed E-state index contributed by atoms with van der Waals surface area (Å²) in [5.41, 5.74) is 3.32. The van der Waals surface area contributed by atoms with Crippen LogP contribution in [0.5, 0.6) is 5.75 Å². The molecule has 1 atom stereocenters. The number of para-hydroxylation sites is 1. The number of rotatable bonds is 11. The molecule has 1 aliphatic rings. The lowest BCUT2D eigenvalue weighted by Crippen LogP contribution is -2.33. The number of unbranched alkanes of at least 4 members (excludes halogenated alkanes) is 1. The number of carbonyl (C=O) groups excluding carboxylic acids is 1. The van der Waals surface area contributed by atoms with Crippen LogP contribution in [-0.2, 0) is 4.79 Å². The molecule has 0 radical (unpaired) electrons. The lowest BCUT2D eigenvalue weighted by Gasteiger charge is -2.21. The van der Waals surface area contributed by atoms with E-state index < -0.39 is 0 Å². The zero-order valence-electron chi connectivity index (χ0n) is 21.4. The highest BCUT2D eigenvalue weighted by Gasteiger charge is 2.33. The molecule has 1 aromatic heterocycles. The summed E-state index contributed by atoms with van der Waals surface area (Å²) in [5, 5.41) is 5.39. The van der Waals surface area contributed by atoms with Gasteiger partial charge in [0.05, 0.1) is 22.2 Å². The Hall–Kier alpha value is -2.61. The molecule has 0 aliphatic carbocycles. The molecule has 1 unspecified atom stereocenters. The van der Waals surface area contributed by atoms with E-state index in [-0.39, 0.29) is 5.91 Å². The first-order chi connectivity index (χ1) is 17.9. The Kier molecular flexibility index (Phi) is 9.46. The lowest BCUT2D eigenvalue weighted by molar-refractivity contribution is -0.122. The minimum Gasteiger partial charge on any atom is -0.492 e. The SMILES string of the molecule is CCCCC(CC)CN1C(=O)/C(=C/c2cn(-c3ccccc3)nc2-c2ccc(OCC)c(Cl)c2)SC1=S. The number of thiocarbonyl (C=S) groups is 1. The van der Waals surface area contributed by atoms with Crippen molar-refractivity contribution in [3.8, 4) is 22.7 Å². The van der Waals surface area contributed by atoms with Crippen LogP contribution >= 0.6 is 35.6 Å². The molecule has 1 aliphatic heterocycles. The first kappa shape index (κ1) is 27.4. The molecular weight excluding hydrogens is 522 g/mol. The summed E-state index contributed by atoms with van der Waals surface area (Å²) in [6.45, 7) is 7.50. The van der Waals surface area contributed by atoms with Crippen LogP contribution in [0.3, 0.4) is 0 Å². The fourth-order valence-electron chi connectivity index (χ4n) is 4.33. The maximum Gasteiger partial charge on any atom is 0.266 e. The predicted octanol–water partition coefficient (Wildman–Crippen LogP) is 8.01. The summed E-state index contributed by atoms with van der Waals surface area (Å²) >= 11 is 13.5. The van der Waals surface area contributed by atoms with Crippen molar-refractivity contribution in [2.24, 2.45) is 5.92 Å². The number of nitrogens with zero attached hydrogens (tertiary/aromatic N) is 3. The average Bonchev–Trinajstić information content (AvgIpc) is 3.44. The molecule has 0 spiro atoms. The van der Waals surface area contributed by atoms with Crippen molar-refractivity contribution in [3.05, 3.63) is 70.2 Å². The Labute approximate surface area is 233 Å². The van der Waals surface area contributed by atoms with Gasteiger partial charge in [0.25, 0.3) is 5.91 Å². The number of thioether (sulfide) groups is 1. The number of carbonyl (C=O) groups is 1. The van der Waals surface area contributed by atoms with Crippen molar-refractivity contribution in [1.82, 2.24) is 14.7 Å². The molecule has 37 heavy (non-hydrogen) atoms. The summed E-state index contributed by atoms with van der Waals surface area (Å²) in [5.74, 6) is 1.05. The molecule has 0 bridgehead atoms. The van der Waals surface area contributed by atoms with Gasteiger partial charge in [-0.25, -0.2) is 4.68 Å². The van der Waals surface area contributed by atoms with Gasteiger partial charge < -0.3 is 4.74 Å². The maximum atomic E-state index is 13.4. The summed E-state index contributed by atoms with van der Waals surface area (Å²) in [4.78, 5) is 15.8. The van der Waals surface area contributed by atoms with E-state index in [0.29, 0.717) is 39.1 Å². The maximum absolute atomic E-state index is 13.4. The normalized spacial score (nSPS) is 15.6. The molecule has 1 fully saturated rings. The fraction of sp³-hybridized carbons (Fsp3) is 0.345. The number of ether oxygens (including phenoxy) is 1. The van der Waals surface area contributed by atoms with Crippen molar-refractivity contribution >= 4 is 51.9 Å². The molecule has 2 aromatic carbocycles. The zero-order chi connectivity index (χ0) is 26.4. The van der Waals surface area contributed by atoms with Gasteiger partial charge in [-0.3, -0.25) is 9.69 Å². The van der Waals surface area contributed by atoms with Crippen molar-refractivity contribution in [2.75, 3.05) is 13.2 Å². The van der Waals surface area contributed by atoms with E-state index in [1.165, 1.54) is 11.8 Å². The minimum atomic E-state index is -0.0342. The summed E-state index contributed by atoms with van der Waals surface area (Å²) in [6.07, 6.45) is 8.29. The number of halogens is 1. The van der Waals surface area contributed by atoms with E-state index in [1.54, 1.807) is 4.90 Å². The van der Waals surface area contributed by atoms with Gasteiger partial charge >= 0.3 is 0 Å². The number of benzene rings is 2. The van der Waals surface area contributed by atoms with Gasteiger partial charge in [-0.15, -0.1) is 0 Å². The van der Waals surface area contributed by atoms with E-state index in [0.717, 1.165) is 48.2 Å². The molecule has 8 heteroatoms. The largest absolute Gasteiger partial charge is 0.492 e. The van der Waals surface area contributed by atoms with Gasteiger partial charge in [0.2, 0.25) is 0 Å². The highest BCUT2D eigenvalue weighted by molar-refractivity contribution is 8.26. The van der Waals surface area contributed by atoms with Crippen LogP contribution in [0.4, 0.5) is 0 Å². The van der Waals surface area contributed by atoms with Gasteiger partial charge in [0.1, 0.15) is 15.8 Å². The highest BCUT2D eigenvalue weighted by Crippen LogP contribution is 2.37. The third kappa shape index (κ3) is 6.46. The molecule has 0 saturated carbocycles. The number of amides is 1. The fourth-order valence-corrected chi connectivity index (χ4v) is 5.83. The third-order valence-corrected chi connectivity index (χ3v) is 8.09. The second-order valence-electron chi connectivity index (χ2n) is 9.00. The first-order valence-corrected chi connectivity index (χ1v) is 14.4. The van der Waals surface area contributed by atoms with E-state index in [1.807, 2.05) is 72.4 Å². The van der Waals surface area contributed by atoms with Gasteiger partial charge in [-0.1, -0.05) is 86.9 Å². The molecule has 5 nitrogen and oxygen atoms in total. The second kappa shape index (κ2) is 12.8.